The molecule has 0 N–H and O–H groups in total. The minimum Gasteiger partial charge on any atom is -0.299 e. The molecule has 2 heterocycles. The number of hydrogen-bond donors (Lipinski definition) is 0. The van der Waals surface area contributed by atoms with E-state index in [1.54, 1.807) is 12.1 Å². The van der Waals surface area contributed by atoms with E-state index < -0.39 is 18.3 Å². The first-order valence-corrected chi connectivity index (χ1v) is 12.2. The summed E-state index contributed by atoms with van der Waals surface area (Å²) in [5.41, 5.74) is 3.74. The van der Waals surface area contributed by atoms with Crippen molar-refractivity contribution in [3.8, 4) is 11.1 Å². The van der Waals surface area contributed by atoms with Crippen molar-refractivity contribution in [2.75, 3.05) is 13.1 Å². The van der Waals surface area contributed by atoms with Gasteiger partial charge in [0.25, 0.3) is 12.9 Å². The molecule has 1 aliphatic heterocycles. The van der Waals surface area contributed by atoms with Crippen molar-refractivity contribution >= 4 is 0 Å². The van der Waals surface area contributed by atoms with Gasteiger partial charge in [-0.1, -0.05) is 48.5 Å². The summed E-state index contributed by atoms with van der Waals surface area (Å²) in [5.74, 6) is 0. The van der Waals surface area contributed by atoms with Crippen LogP contribution >= 0.6 is 0 Å². The molecule has 1 aromatic heterocycles. The van der Waals surface area contributed by atoms with Crippen molar-refractivity contribution in [3.05, 3.63) is 89.2 Å². The van der Waals surface area contributed by atoms with Gasteiger partial charge in [0, 0.05) is 18.9 Å². The van der Waals surface area contributed by atoms with Gasteiger partial charge in [0.15, 0.2) is 0 Å². The van der Waals surface area contributed by atoms with Crippen LogP contribution in [0.1, 0.15) is 42.0 Å². The molecule has 2 nitrogen and oxygen atoms in total. The second kappa shape index (κ2) is 9.38. The first-order chi connectivity index (χ1) is 16.8. The Morgan fingerprint density at radius 2 is 1.40 bits per heavy atom. The van der Waals surface area contributed by atoms with Gasteiger partial charge in [-0.3, -0.25) is 9.88 Å². The quantitative estimate of drug-likeness (QED) is 0.355. The van der Waals surface area contributed by atoms with Gasteiger partial charge in [-0.25, -0.2) is 17.6 Å². The molecule has 3 aromatic rings. The van der Waals surface area contributed by atoms with Gasteiger partial charge < -0.3 is 0 Å². The maximum Gasteiger partial charge on any atom is 0.253 e. The monoisotopic (exact) mass is 482 g/mol. The molecule has 6 heteroatoms. The predicted octanol–water partition coefficient (Wildman–Crippen LogP) is 6.92. The van der Waals surface area contributed by atoms with E-state index in [0.717, 1.165) is 44.1 Å². The van der Waals surface area contributed by atoms with E-state index in [1.807, 2.05) is 24.5 Å². The Morgan fingerprint density at radius 3 is 1.97 bits per heavy atom. The van der Waals surface area contributed by atoms with E-state index in [2.05, 4.69) is 28.1 Å². The lowest BCUT2D eigenvalue weighted by molar-refractivity contribution is -0.0453. The van der Waals surface area contributed by atoms with E-state index in [4.69, 9.17) is 0 Å². The Morgan fingerprint density at radius 1 is 0.829 bits per heavy atom. The Balaban J connectivity index is 1.20. The summed E-state index contributed by atoms with van der Waals surface area (Å²) in [4.78, 5) is 6.80. The highest BCUT2D eigenvalue weighted by Gasteiger charge is 2.45. The lowest BCUT2D eigenvalue weighted by atomic mass is 9.76. The Bertz CT molecular complexity index is 1120. The zero-order valence-electron chi connectivity index (χ0n) is 19.9. The number of likely N-dealkylation sites (tertiary alicyclic amines) is 1. The average Bonchev–Trinajstić information content (AvgIpc) is 3.23. The number of benzene rings is 2. The largest absolute Gasteiger partial charge is 0.299 e. The highest BCUT2D eigenvalue weighted by molar-refractivity contribution is 5.64. The molecule has 0 bridgehead atoms. The van der Waals surface area contributed by atoms with Gasteiger partial charge in [-0.05, 0) is 90.6 Å². The number of rotatable bonds is 6. The topological polar surface area (TPSA) is 16.1 Å². The highest BCUT2D eigenvalue weighted by atomic mass is 19.3. The van der Waals surface area contributed by atoms with Crippen LogP contribution in [-0.2, 0) is 24.8 Å². The van der Waals surface area contributed by atoms with Crippen LogP contribution in [0.25, 0.3) is 11.1 Å². The summed E-state index contributed by atoms with van der Waals surface area (Å²) < 4.78 is 53.4. The summed E-state index contributed by atoms with van der Waals surface area (Å²) in [5, 5.41) is 0. The summed E-state index contributed by atoms with van der Waals surface area (Å²) in [6, 6.07) is 16.4. The average molecular weight is 483 g/mol. The van der Waals surface area contributed by atoms with Crippen molar-refractivity contribution < 1.29 is 17.6 Å². The number of aromatic nitrogens is 1. The SMILES string of the molecule is CC(c1ccc(-c2ccc(CN3CCC4(CC3)Cc3ccncc3C4)cc2)cc1)(C(F)F)C(F)F. The fraction of sp³-hybridized carbons (Fsp3) is 0.414. The predicted molar refractivity (Wildman–Crippen MR) is 130 cm³/mol. The van der Waals surface area contributed by atoms with Gasteiger partial charge in [0.2, 0.25) is 0 Å². The van der Waals surface area contributed by atoms with Crippen LogP contribution in [0.15, 0.2) is 67.0 Å². The fourth-order valence-corrected chi connectivity index (χ4v) is 5.63. The smallest absolute Gasteiger partial charge is 0.253 e. The highest BCUT2D eigenvalue weighted by Crippen LogP contribution is 2.44. The Labute approximate surface area is 204 Å². The van der Waals surface area contributed by atoms with Crippen molar-refractivity contribution in [2.24, 2.45) is 5.41 Å². The van der Waals surface area contributed by atoms with Crippen LogP contribution in [0.3, 0.4) is 0 Å². The molecule has 1 fully saturated rings. The summed E-state index contributed by atoms with van der Waals surface area (Å²) >= 11 is 0. The molecule has 0 atom stereocenters. The minimum absolute atomic E-state index is 0.0487. The standard InChI is InChI=1S/C29H30F4N2/c1-28(26(30)31,27(32)33)25-8-6-22(7-9-25)21-4-2-20(3-5-21)19-35-14-11-29(12-15-35)16-23-10-13-34-18-24(23)17-29/h2-10,13,18,26-27H,11-12,14-17,19H2,1H3. The number of piperidine rings is 1. The minimum atomic E-state index is -3.14. The lowest BCUT2D eigenvalue weighted by Crippen LogP contribution is -2.40. The van der Waals surface area contributed by atoms with Crippen LogP contribution in [0, 0.1) is 5.41 Å². The molecule has 0 saturated carbocycles. The molecular formula is C29H30F4N2. The molecule has 5 rings (SSSR count). The first-order valence-electron chi connectivity index (χ1n) is 12.2. The molecule has 0 radical (unpaired) electrons. The third-order valence-corrected chi connectivity index (χ3v) is 8.16. The second-order valence-electron chi connectivity index (χ2n) is 10.4. The number of alkyl halides is 4. The molecule has 0 amide bonds. The van der Waals surface area contributed by atoms with Crippen molar-refractivity contribution in [1.29, 1.82) is 0 Å². The molecule has 2 aliphatic rings. The fourth-order valence-electron chi connectivity index (χ4n) is 5.63. The third-order valence-electron chi connectivity index (χ3n) is 8.16. The summed E-state index contributed by atoms with van der Waals surface area (Å²) in [6.07, 6.45) is 2.35. The van der Waals surface area contributed by atoms with E-state index in [0.29, 0.717) is 5.41 Å². The van der Waals surface area contributed by atoms with Gasteiger partial charge in [0.1, 0.15) is 5.41 Å². The van der Waals surface area contributed by atoms with E-state index in [9.17, 15) is 17.6 Å². The van der Waals surface area contributed by atoms with Crippen LogP contribution in [0.4, 0.5) is 17.6 Å². The van der Waals surface area contributed by atoms with E-state index in [-0.39, 0.29) is 5.56 Å². The van der Waals surface area contributed by atoms with Gasteiger partial charge >= 0.3 is 0 Å². The second-order valence-corrected chi connectivity index (χ2v) is 10.4. The number of pyridine rings is 1. The normalized spacial score (nSPS) is 17.9. The molecule has 1 spiro atoms. The molecule has 1 saturated heterocycles. The maximum atomic E-state index is 13.3. The number of fused-ring (bicyclic) bond motifs is 1. The van der Waals surface area contributed by atoms with Crippen LogP contribution in [-0.4, -0.2) is 35.8 Å². The van der Waals surface area contributed by atoms with Crippen LogP contribution in [0.5, 0.6) is 0 Å². The zero-order chi connectivity index (χ0) is 24.6. The molecule has 2 aromatic carbocycles. The summed E-state index contributed by atoms with van der Waals surface area (Å²) in [6.45, 7) is 3.97. The number of nitrogens with zero attached hydrogens (tertiary/aromatic N) is 2. The number of hydrogen-bond acceptors (Lipinski definition) is 2. The molecular weight excluding hydrogens is 452 g/mol. The van der Waals surface area contributed by atoms with Crippen LogP contribution in [0.2, 0.25) is 0 Å². The summed E-state index contributed by atoms with van der Waals surface area (Å²) in [7, 11) is 0. The van der Waals surface area contributed by atoms with Gasteiger partial charge in [0.05, 0.1) is 0 Å². The molecule has 184 valence electrons. The molecule has 0 unspecified atom stereocenters. The zero-order valence-corrected chi connectivity index (χ0v) is 19.9. The van der Waals surface area contributed by atoms with Crippen molar-refractivity contribution in [3.63, 3.8) is 0 Å². The third kappa shape index (κ3) is 4.61. The first kappa shape index (κ1) is 24.0. The van der Waals surface area contributed by atoms with E-state index >= 15 is 0 Å². The Hall–Kier alpha value is -2.73. The molecule has 1 aliphatic carbocycles. The van der Waals surface area contributed by atoms with E-state index in [1.165, 1.54) is 48.1 Å². The maximum absolute atomic E-state index is 13.3. The van der Waals surface area contributed by atoms with Crippen molar-refractivity contribution in [1.82, 2.24) is 9.88 Å². The van der Waals surface area contributed by atoms with Gasteiger partial charge in [-0.2, -0.15) is 0 Å². The lowest BCUT2D eigenvalue weighted by Gasteiger charge is -2.39. The van der Waals surface area contributed by atoms with Crippen LogP contribution < -0.4 is 0 Å². The molecule has 35 heavy (non-hydrogen) atoms. The van der Waals surface area contributed by atoms with Crippen molar-refractivity contribution in [2.45, 2.75) is 57.4 Å². The van der Waals surface area contributed by atoms with Gasteiger partial charge in [-0.15, -0.1) is 0 Å². The Kier molecular flexibility index (Phi) is 6.43. The number of halogens is 4.